The van der Waals surface area contributed by atoms with Crippen molar-refractivity contribution in [3.05, 3.63) is 47.9 Å². The Kier molecular flexibility index (Phi) is 6.69. The highest BCUT2D eigenvalue weighted by molar-refractivity contribution is 5.92. The Labute approximate surface area is 142 Å². The van der Waals surface area contributed by atoms with Gasteiger partial charge in [0.15, 0.2) is 0 Å². The van der Waals surface area contributed by atoms with Gasteiger partial charge in [-0.25, -0.2) is 9.97 Å². The van der Waals surface area contributed by atoms with Crippen molar-refractivity contribution in [1.82, 2.24) is 15.3 Å². The third-order valence-electron chi connectivity index (χ3n) is 3.56. The van der Waals surface area contributed by atoms with E-state index in [1.54, 1.807) is 13.2 Å². The fourth-order valence-electron chi connectivity index (χ4n) is 2.16. The molecule has 0 saturated heterocycles. The third-order valence-corrected chi connectivity index (χ3v) is 3.56. The number of ether oxygens (including phenoxy) is 1. The van der Waals surface area contributed by atoms with Crippen molar-refractivity contribution in [3.63, 3.8) is 0 Å². The Morgan fingerprint density at radius 2 is 1.96 bits per heavy atom. The summed E-state index contributed by atoms with van der Waals surface area (Å²) in [7, 11) is 1.64. The first kappa shape index (κ1) is 17.9. The van der Waals surface area contributed by atoms with Crippen LogP contribution in [0.2, 0.25) is 0 Å². The largest absolute Gasteiger partial charge is 0.385 e. The van der Waals surface area contributed by atoms with Crippen LogP contribution in [0.15, 0.2) is 36.7 Å². The molecule has 0 unspecified atom stereocenters. The van der Waals surface area contributed by atoms with Gasteiger partial charge in [0.25, 0.3) is 5.91 Å². The lowest BCUT2D eigenvalue weighted by molar-refractivity contribution is 0.0943. The number of carbonyl (C=O) groups is 1. The van der Waals surface area contributed by atoms with E-state index in [0.717, 1.165) is 12.1 Å². The number of carbonyl (C=O) groups excluding carboxylic acids is 1. The molecule has 2 N–H and O–H groups in total. The minimum atomic E-state index is -0.216. The van der Waals surface area contributed by atoms with Gasteiger partial charge in [0.1, 0.15) is 17.8 Å². The molecule has 1 amide bonds. The summed E-state index contributed by atoms with van der Waals surface area (Å²) in [6.45, 7) is 5.48. The number of nitrogens with zero attached hydrogens (tertiary/aromatic N) is 2. The summed E-state index contributed by atoms with van der Waals surface area (Å²) in [5, 5.41) is 6.00. The molecule has 1 heterocycles. The van der Waals surface area contributed by atoms with Gasteiger partial charge in [-0.2, -0.15) is 0 Å². The standard InChI is InChI=1S/C18H24N4O2/c1-13(2)14-5-7-15(8-6-14)22-17-11-16(20-12-21-17)18(23)19-9-4-10-24-3/h5-8,11-13H,4,9-10H2,1-3H3,(H,19,23)(H,20,21,22). The first-order valence-electron chi connectivity index (χ1n) is 8.06. The highest BCUT2D eigenvalue weighted by Gasteiger charge is 2.08. The zero-order chi connectivity index (χ0) is 17.4. The third kappa shape index (κ3) is 5.31. The molecule has 24 heavy (non-hydrogen) atoms. The summed E-state index contributed by atoms with van der Waals surface area (Å²) in [5.74, 6) is 0.863. The van der Waals surface area contributed by atoms with Crippen LogP contribution >= 0.6 is 0 Å². The summed E-state index contributed by atoms with van der Waals surface area (Å²) in [5.41, 5.74) is 2.53. The monoisotopic (exact) mass is 328 g/mol. The Hall–Kier alpha value is -2.47. The lowest BCUT2D eigenvalue weighted by Gasteiger charge is -2.09. The summed E-state index contributed by atoms with van der Waals surface area (Å²) in [4.78, 5) is 20.2. The molecule has 0 atom stereocenters. The Morgan fingerprint density at radius 3 is 2.62 bits per heavy atom. The van der Waals surface area contributed by atoms with Crippen molar-refractivity contribution in [3.8, 4) is 0 Å². The number of hydrogen-bond donors (Lipinski definition) is 2. The summed E-state index contributed by atoms with van der Waals surface area (Å²) < 4.78 is 4.95. The zero-order valence-corrected chi connectivity index (χ0v) is 14.4. The molecule has 0 aliphatic carbocycles. The van der Waals surface area contributed by atoms with Gasteiger partial charge in [-0.15, -0.1) is 0 Å². The number of hydrogen-bond acceptors (Lipinski definition) is 5. The van der Waals surface area contributed by atoms with Gasteiger partial charge in [0, 0.05) is 32.0 Å². The lowest BCUT2D eigenvalue weighted by atomic mass is 10.0. The van der Waals surface area contributed by atoms with Crippen molar-refractivity contribution >= 4 is 17.4 Å². The molecule has 2 aromatic rings. The minimum Gasteiger partial charge on any atom is -0.385 e. The molecule has 0 fully saturated rings. The molecule has 6 nitrogen and oxygen atoms in total. The fraction of sp³-hybridized carbons (Fsp3) is 0.389. The quantitative estimate of drug-likeness (QED) is 0.728. The van der Waals surface area contributed by atoms with Crippen molar-refractivity contribution in [2.45, 2.75) is 26.2 Å². The molecule has 0 radical (unpaired) electrons. The van der Waals surface area contributed by atoms with E-state index >= 15 is 0 Å². The fourth-order valence-corrected chi connectivity index (χ4v) is 2.16. The van der Waals surface area contributed by atoms with Crippen molar-refractivity contribution in [2.75, 3.05) is 25.6 Å². The molecule has 0 bridgehead atoms. The molecule has 1 aromatic heterocycles. The molecule has 6 heteroatoms. The van der Waals surface area contributed by atoms with Crippen LogP contribution in [0.4, 0.5) is 11.5 Å². The SMILES string of the molecule is COCCCNC(=O)c1cc(Nc2ccc(C(C)C)cc2)ncn1. The van der Waals surface area contributed by atoms with Crippen molar-refractivity contribution < 1.29 is 9.53 Å². The second kappa shape index (κ2) is 8.98. The van der Waals surface area contributed by atoms with Crippen LogP contribution in [0.25, 0.3) is 0 Å². The average molecular weight is 328 g/mol. The molecule has 0 aliphatic rings. The number of rotatable bonds is 8. The zero-order valence-electron chi connectivity index (χ0n) is 14.4. The van der Waals surface area contributed by atoms with Crippen LogP contribution in [0.1, 0.15) is 42.2 Å². The number of anilines is 2. The van der Waals surface area contributed by atoms with Gasteiger partial charge >= 0.3 is 0 Å². The first-order chi connectivity index (χ1) is 11.6. The van der Waals surface area contributed by atoms with Gasteiger partial charge in [-0.1, -0.05) is 26.0 Å². The number of aromatic nitrogens is 2. The summed E-state index contributed by atoms with van der Waals surface area (Å²) in [6.07, 6.45) is 2.15. The van der Waals surface area contributed by atoms with E-state index in [1.165, 1.54) is 11.9 Å². The van der Waals surface area contributed by atoms with Crippen LogP contribution in [0.3, 0.4) is 0 Å². The van der Waals surface area contributed by atoms with Crippen molar-refractivity contribution in [2.24, 2.45) is 0 Å². The second-order valence-corrected chi connectivity index (χ2v) is 5.79. The Morgan fingerprint density at radius 1 is 1.21 bits per heavy atom. The first-order valence-corrected chi connectivity index (χ1v) is 8.06. The van der Waals surface area contributed by atoms with Crippen LogP contribution in [-0.2, 0) is 4.74 Å². The molecule has 0 saturated carbocycles. The minimum absolute atomic E-state index is 0.216. The van der Waals surface area contributed by atoms with Gasteiger partial charge in [-0.05, 0) is 30.0 Å². The molecule has 2 rings (SSSR count). The van der Waals surface area contributed by atoms with Gasteiger partial charge in [0.2, 0.25) is 0 Å². The maximum atomic E-state index is 12.1. The molecule has 0 aliphatic heterocycles. The topological polar surface area (TPSA) is 76.1 Å². The molecule has 0 spiro atoms. The lowest BCUT2D eigenvalue weighted by Crippen LogP contribution is -2.26. The number of methoxy groups -OCH3 is 1. The van der Waals surface area contributed by atoms with Crippen LogP contribution < -0.4 is 10.6 Å². The highest BCUT2D eigenvalue weighted by atomic mass is 16.5. The number of benzene rings is 1. The Bertz CT molecular complexity index is 656. The van der Waals surface area contributed by atoms with E-state index in [4.69, 9.17) is 4.74 Å². The van der Waals surface area contributed by atoms with Crippen LogP contribution in [0, 0.1) is 0 Å². The van der Waals surface area contributed by atoms with E-state index in [1.807, 2.05) is 12.1 Å². The Balaban J connectivity index is 1.98. The summed E-state index contributed by atoms with van der Waals surface area (Å²) >= 11 is 0. The second-order valence-electron chi connectivity index (χ2n) is 5.79. The van der Waals surface area contributed by atoms with Crippen LogP contribution in [-0.4, -0.2) is 36.1 Å². The smallest absolute Gasteiger partial charge is 0.270 e. The van der Waals surface area contributed by atoms with E-state index in [0.29, 0.717) is 30.6 Å². The number of nitrogens with one attached hydrogen (secondary N) is 2. The van der Waals surface area contributed by atoms with Crippen LogP contribution in [0.5, 0.6) is 0 Å². The van der Waals surface area contributed by atoms with E-state index in [2.05, 4.69) is 46.6 Å². The van der Waals surface area contributed by atoms with Gasteiger partial charge in [0.05, 0.1) is 0 Å². The summed E-state index contributed by atoms with van der Waals surface area (Å²) in [6, 6.07) is 9.81. The molecular weight excluding hydrogens is 304 g/mol. The molecule has 1 aromatic carbocycles. The number of amides is 1. The normalized spacial score (nSPS) is 10.7. The maximum Gasteiger partial charge on any atom is 0.270 e. The predicted molar refractivity (Wildman–Crippen MR) is 94.7 cm³/mol. The highest BCUT2D eigenvalue weighted by Crippen LogP contribution is 2.19. The molecular formula is C18H24N4O2. The van der Waals surface area contributed by atoms with E-state index in [-0.39, 0.29) is 5.91 Å². The predicted octanol–water partition coefficient (Wildman–Crippen LogP) is 3.11. The molecule has 128 valence electrons. The van der Waals surface area contributed by atoms with Gasteiger partial charge in [-0.3, -0.25) is 4.79 Å². The maximum absolute atomic E-state index is 12.1. The van der Waals surface area contributed by atoms with E-state index in [9.17, 15) is 4.79 Å². The van der Waals surface area contributed by atoms with Crippen molar-refractivity contribution in [1.29, 1.82) is 0 Å². The average Bonchev–Trinajstić information content (AvgIpc) is 2.59. The van der Waals surface area contributed by atoms with E-state index < -0.39 is 0 Å². The van der Waals surface area contributed by atoms with Gasteiger partial charge < -0.3 is 15.4 Å².